The molecule has 1 aliphatic heterocycles. The molecular formula is C22H15BrN2O4. The van der Waals surface area contributed by atoms with Crippen molar-refractivity contribution in [2.45, 2.75) is 6.42 Å². The predicted molar refractivity (Wildman–Crippen MR) is 113 cm³/mol. The first kappa shape index (κ1) is 17.9. The minimum Gasteiger partial charge on any atom is -0.481 e. The molecule has 4 aromatic rings. The molecule has 3 aromatic carbocycles. The van der Waals surface area contributed by atoms with Crippen LogP contribution >= 0.6 is 15.9 Å². The topological polar surface area (TPSA) is 83.6 Å². The van der Waals surface area contributed by atoms with Crippen molar-refractivity contribution in [2.24, 2.45) is 5.92 Å². The van der Waals surface area contributed by atoms with Crippen LogP contribution in [0.3, 0.4) is 0 Å². The van der Waals surface area contributed by atoms with Gasteiger partial charge in [0.1, 0.15) is 5.52 Å². The molecule has 0 aliphatic carbocycles. The number of benzene rings is 3. The van der Waals surface area contributed by atoms with Crippen LogP contribution in [0.2, 0.25) is 0 Å². The standard InChI is InChI=1S/C22H15BrN2O4/c23-17-6-2-3-14-15(17)4-1-5-16(14)21-24-18-8-7-13(10-19(18)29-21)25-11-12(22(27)28)9-20(25)26/h1-8,10,12H,9,11H2,(H,27,28). The normalized spacial score (nSPS) is 16.8. The Bertz CT molecular complexity index is 1300. The number of halogens is 1. The summed E-state index contributed by atoms with van der Waals surface area (Å²) in [4.78, 5) is 29.6. The van der Waals surface area contributed by atoms with Crippen molar-refractivity contribution >= 4 is 55.4 Å². The predicted octanol–water partition coefficient (Wildman–Crippen LogP) is 4.85. The molecule has 1 fully saturated rings. The van der Waals surface area contributed by atoms with Crippen LogP contribution in [-0.2, 0) is 9.59 Å². The molecule has 29 heavy (non-hydrogen) atoms. The fraction of sp³-hybridized carbons (Fsp3) is 0.136. The van der Waals surface area contributed by atoms with Crippen molar-refractivity contribution in [3.05, 3.63) is 59.1 Å². The molecule has 1 atom stereocenters. The van der Waals surface area contributed by atoms with E-state index in [1.807, 2.05) is 36.4 Å². The van der Waals surface area contributed by atoms with E-state index in [1.165, 1.54) is 4.90 Å². The third-order valence-electron chi connectivity index (χ3n) is 5.26. The summed E-state index contributed by atoms with van der Waals surface area (Å²) in [6.07, 6.45) is 0.0138. The van der Waals surface area contributed by atoms with Gasteiger partial charge in [-0.3, -0.25) is 9.59 Å². The van der Waals surface area contributed by atoms with Gasteiger partial charge < -0.3 is 14.4 Å². The minimum atomic E-state index is -0.953. The Balaban J connectivity index is 1.57. The molecule has 5 rings (SSSR count). The maximum Gasteiger partial charge on any atom is 0.308 e. The van der Waals surface area contributed by atoms with Crippen LogP contribution in [0.25, 0.3) is 33.3 Å². The lowest BCUT2D eigenvalue weighted by Gasteiger charge is -2.15. The molecule has 7 heteroatoms. The first-order valence-electron chi connectivity index (χ1n) is 9.12. The van der Waals surface area contributed by atoms with E-state index in [4.69, 9.17) is 4.42 Å². The number of fused-ring (bicyclic) bond motifs is 2. The minimum absolute atomic E-state index is 0.0138. The number of rotatable bonds is 3. The molecule has 0 saturated carbocycles. The Kier molecular flexibility index (Phi) is 4.13. The van der Waals surface area contributed by atoms with E-state index >= 15 is 0 Å². The lowest BCUT2D eigenvalue weighted by atomic mass is 10.0. The van der Waals surface area contributed by atoms with E-state index in [0.29, 0.717) is 22.7 Å². The highest BCUT2D eigenvalue weighted by Crippen LogP contribution is 2.35. The average Bonchev–Trinajstić information content (AvgIpc) is 3.31. The van der Waals surface area contributed by atoms with Crippen LogP contribution in [-0.4, -0.2) is 28.5 Å². The quantitative estimate of drug-likeness (QED) is 0.482. The van der Waals surface area contributed by atoms with Crippen molar-refractivity contribution < 1.29 is 19.1 Å². The highest BCUT2D eigenvalue weighted by molar-refractivity contribution is 9.10. The van der Waals surface area contributed by atoms with Crippen LogP contribution < -0.4 is 4.90 Å². The van der Waals surface area contributed by atoms with Crippen molar-refractivity contribution in [3.63, 3.8) is 0 Å². The van der Waals surface area contributed by atoms with E-state index in [2.05, 4.69) is 20.9 Å². The van der Waals surface area contributed by atoms with Gasteiger partial charge in [0.2, 0.25) is 11.8 Å². The van der Waals surface area contributed by atoms with Gasteiger partial charge in [0, 0.05) is 34.8 Å². The van der Waals surface area contributed by atoms with E-state index in [0.717, 1.165) is 20.8 Å². The number of aliphatic carboxylic acids is 1. The number of carboxylic acid groups (broad SMARTS) is 1. The first-order valence-corrected chi connectivity index (χ1v) is 9.92. The Morgan fingerprint density at radius 1 is 1.14 bits per heavy atom. The first-order chi connectivity index (χ1) is 14.0. The summed E-state index contributed by atoms with van der Waals surface area (Å²) in [5, 5.41) is 11.3. The highest BCUT2D eigenvalue weighted by atomic mass is 79.9. The van der Waals surface area contributed by atoms with E-state index < -0.39 is 11.9 Å². The van der Waals surface area contributed by atoms with Crippen LogP contribution in [0.1, 0.15) is 6.42 Å². The van der Waals surface area contributed by atoms with Gasteiger partial charge in [-0.1, -0.05) is 40.2 Å². The smallest absolute Gasteiger partial charge is 0.308 e. The van der Waals surface area contributed by atoms with Gasteiger partial charge in [-0.2, -0.15) is 0 Å². The van der Waals surface area contributed by atoms with Gasteiger partial charge in [-0.15, -0.1) is 0 Å². The summed E-state index contributed by atoms with van der Waals surface area (Å²) in [7, 11) is 0. The Hall–Kier alpha value is -3.19. The van der Waals surface area contributed by atoms with Gasteiger partial charge in [0.15, 0.2) is 5.58 Å². The molecule has 1 saturated heterocycles. The summed E-state index contributed by atoms with van der Waals surface area (Å²) >= 11 is 3.58. The molecule has 1 N–H and O–H groups in total. The number of carbonyl (C=O) groups is 2. The molecule has 144 valence electrons. The largest absolute Gasteiger partial charge is 0.481 e. The van der Waals surface area contributed by atoms with Crippen LogP contribution in [0.5, 0.6) is 0 Å². The molecule has 1 amide bonds. The number of carboxylic acids is 1. The second-order valence-electron chi connectivity index (χ2n) is 7.06. The maximum absolute atomic E-state index is 12.2. The zero-order valence-electron chi connectivity index (χ0n) is 15.1. The van der Waals surface area contributed by atoms with Crippen LogP contribution in [0.15, 0.2) is 63.5 Å². The van der Waals surface area contributed by atoms with Gasteiger partial charge in [-0.05, 0) is 35.0 Å². The van der Waals surface area contributed by atoms with Crippen LogP contribution in [0, 0.1) is 5.92 Å². The van der Waals surface area contributed by atoms with Crippen LogP contribution in [0.4, 0.5) is 5.69 Å². The fourth-order valence-electron chi connectivity index (χ4n) is 3.78. The monoisotopic (exact) mass is 450 g/mol. The Morgan fingerprint density at radius 2 is 1.93 bits per heavy atom. The molecule has 1 aliphatic rings. The maximum atomic E-state index is 12.2. The Labute approximate surface area is 173 Å². The molecule has 6 nitrogen and oxygen atoms in total. The number of amides is 1. The second-order valence-corrected chi connectivity index (χ2v) is 7.91. The summed E-state index contributed by atoms with van der Waals surface area (Å²) in [6, 6.07) is 17.2. The number of anilines is 1. The lowest BCUT2D eigenvalue weighted by molar-refractivity contribution is -0.141. The zero-order chi connectivity index (χ0) is 20.1. The third-order valence-corrected chi connectivity index (χ3v) is 5.95. The fourth-order valence-corrected chi connectivity index (χ4v) is 4.28. The number of aromatic nitrogens is 1. The third kappa shape index (κ3) is 2.98. The molecular weight excluding hydrogens is 436 g/mol. The molecule has 0 bridgehead atoms. The molecule has 2 heterocycles. The molecule has 1 unspecified atom stereocenters. The van der Waals surface area contributed by atoms with Crippen molar-refractivity contribution in [3.8, 4) is 11.5 Å². The van der Waals surface area contributed by atoms with Crippen molar-refractivity contribution in [1.82, 2.24) is 4.98 Å². The van der Waals surface area contributed by atoms with Crippen molar-refractivity contribution in [2.75, 3.05) is 11.4 Å². The van der Waals surface area contributed by atoms with Gasteiger partial charge >= 0.3 is 5.97 Å². The van der Waals surface area contributed by atoms with Crippen molar-refractivity contribution in [1.29, 1.82) is 0 Å². The van der Waals surface area contributed by atoms with E-state index in [9.17, 15) is 14.7 Å². The zero-order valence-corrected chi connectivity index (χ0v) is 16.7. The number of nitrogens with zero attached hydrogens (tertiary/aromatic N) is 2. The van der Waals surface area contributed by atoms with Gasteiger partial charge in [0.25, 0.3) is 0 Å². The summed E-state index contributed by atoms with van der Waals surface area (Å²) < 4.78 is 7.03. The molecule has 0 spiro atoms. The molecule has 0 radical (unpaired) electrons. The average molecular weight is 451 g/mol. The number of carbonyl (C=O) groups excluding carboxylic acids is 1. The lowest BCUT2D eigenvalue weighted by Crippen LogP contribution is -2.25. The number of hydrogen-bond acceptors (Lipinski definition) is 4. The number of hydrogen-bond donors (Lipinski definition) is 1. The summed E-state index contributed by atoms with van der Waals surface area (Å²) in [5.74, 6) is -1.34. The second kappa shape index (κ2) is 6.70. The number of oxazole rings is 1. The van der Waals surface area contributed by atoms with E-state index in [-0.39, 0.29) is 18.9 Å². The summed E-state index contributed by atoms with van der Waals surface area (Å²) in [6.45, 7) is 0.165. The summed E-state index contributed by atoms with van der Waals surface area (Å²) in [5.41, 5.74) is 2.73. The SMILES string of the molecule is O=C(O)C1CC(=O)N(c2ccc3nc(-c4cccc5c(Br)cccc45)oc3c2)C1. The van der Waals surface area contributed by atoms with E-state index in [1.54, 1.807) is 18.2 Å². The molecule has 1 aromatic heterocycles. The Morgan fingerprint density at radius 3 is 2.72 bits per heavy atom. The van der Waals surface area contributed by atoms with Gasteiger partial charge in [-0.25, -0.2) is 4.98 Å². The highest BCUT2D eigenvalue weighted by Gasteiger charge is 2.35. The van der Waals surface area contributed by atoms with Gasteiger partial charge in [0.05, 0.1) is 5.92 Å².